The van der Waals surface area contributed by atoms with E-state index in [9.17, 15) is 38.4 Å². The van der Waals surface area contributed by atoms with Gasteiger partial charge in [-0.15, -0.1) is 0 Å². The number of likely N-dealkylation sites (N-methyl/N-ethyl adjacent to an activating group) is 1. The zero-order valence-corrected chi connectivity index (χ0v) is 47.7. The first-order valence-electron chi connectivity index (χ1n) is 27.8. The highest BCUT2D eigenvalue weighted by molar-refractivity contribution is 6.03. The van der Waals surface area contributed by atoms with Crippen LogP contribution in [0.5, 0.6) is 0 Å². The highest BCUT2D eigenvalue weighted by Gasteiger charge is 2.42. The van der Waals surface area contributed by atoms with Crippen molar-refractivity contribution in [3.63, 3.8) is 0 Å². The molecule has 4 aromatic rings. The normalized spacial score (nSPS) is 17.0. The van der Waals surface area contributed by atoms with E-state index in [1.807, 2.05) is 102 Å². The Morgan fingerprint density at radius 2 is 0.987 bits per heavy atom. The molecule has 18 heteroatoms. The third-order valence-corrected chi connectivity index (χ3v) is 15.1. The van der Waals surface area contributed by atoms with Crippen LogP contribution in [0.4, 0.5) is 0 Å². The number of nitrogens with zero attached hydrogens (tertiary/aromatic N) is 4. The topological polar surface area (TPSA) is 236 Å². The number of carbonyl (C=O) groups excluding carboxylic acids is 8. The van der Waals surface area contributed by atoms with Crippen molar-refractivity contribution in [2.75, 3.05) is 59.4 Å². The van der Waals surface area contributed by atoms with E-state index in [0.29, 0.717) is 57.2 Å². The summed E-state index contributed by atoms with van der Waals surface area (Å²) in [6, 6.07) is 26.2. The van der Waals surface area contributed by atoms with E-state index >= 15 is 0 Å². The van der Waals surface area contributed by atoms with Crippen LogP contribution in [-0.4, -0.2) is 163 Å². The van der Waals surface area contributed by atoms with E-state index in [0.717, 1.165) is 29.4 Å². The minimum atomic E-state index is -0.828. The van der Waals surface area contributed by atoms with Gasteiger partial charge in [0.1, 0.15) is 12.1 Å². The molecular weight excluding hydrogens is 1000 g/mol. The molecule has 0 radical (unpaired) electrons. The highest BCUT2D eigenvalue weighted by atomic mass is 16.2. The molecule has 8 amide bonds. The SMILES string of the molecule is CN[C@@H](C)C(=O)N[C@H](C(=O)N1CCC[C@H]1CN(CCc1ccccc1)C(=O)CNC(=O)c1ccc2ccc(C(=O)NCC(=O)N(CCc3ccccc3)C[C@@H]3CCCN3C(=O)[C@@H](NC(=O)[C@H](C)N)C(C)(C)C)cc2c1)C(C)(C)C. The molecule has 0 aromatic heterocycles. The van der Waals surface area contributed by atoms with Crippen LogP contribution < -0.4 is 32.3 Å². The van der Waals surface area contributed by atoms with Gasteiger partial charge in [-0.05, 0) is 116 Å². The maximum atomic E-state index is 14.3. The standard InChI is InChI=1S/C61H84N10O8/c1-40(62)54(74)66-52(60(3,4)5)58(78)70-30-16-22-48(70)38-68(32-28-42-18-12-10-13-19-42)50(72)36-64-56(76)45-26-24-44-25-27-46(35-47(44)34-45)57(77)65-37-51(73)69(33-29-43-20-14-11-15-21-43)39-49-23-17-31-71(49)59(79)53(61(6,7)8)67-55(75)41(2)63-9/h10-15,18-21,24-27,34-35,40-41,48-49,52-53,63H,16-17,22-23,28-33,36-39,62H2,1-9H3,(H,64,76)(H,65,77)(H,66,74)(H,67,75)/t40-,41-,48-,49-,52+,53+/m0/s1. The quantitative estimate of drug-likeness (QED) is 0.0611. The molecule has 2 saturated heterocycles. The fourth-order valence-electron chi connectivity index (χ4n) is 10.2. The van der Waals surface area contributed by atoms with E-state index in [2.05, 4.69) is 26.6 Å². The summed E-state index contributed by atoms with van der Waals surface area (Å²) in [5, 5.41) is 15.7. The van der Waals surface area contributed by atoms with E-state index in [4.69, 9.17) is 5.73 Å². The van der Waals surface area contributed by atoms with Gasteiger partial charge in [-0.25, -0.2) is 0 Å². The number of rotatable bonds is 23. The average Bonchev–Trinajstić information content (AvgIpc) is 4.11. The number of amides is 8. The van der Waals surface area contributed by atoms with Gasteiger partial charge in [0.05, 0.1) is 25.2 Å². The molecule has 0 aliphatic carbocycles. The van der Waals surface area contributed by atoms with Crippen LogP contribution in [0.3, 0.4) is 0 Å². The molecule has 0 bridgehead atoms. The number of nitrogens with one attached hydrogen (secondary N) is 5. The predicted molar refractivity (Wildman–Crippen MR) is 306 cm³/mol. The molecule has 2 aliphatic heterocycles. The van der Waals surface area contributed by atoms with Crippen LogP contribution in [0.1, 0.15) is 113 Å². The number of hydrogen-bond acceptors (Lipinski definition) is 10. The first-order valence-corrected chi connectivity index (χ1v) is 27.8. The molecule has 6 atom stereocenters. The molecule has 0 saturated carbocycles. The van der Waals surface area contributed by atoms with E-state index in [-0.39, 0.29) is 78.9 Å². The number of likely N-dealkylation sites (tertiary alicyclic amines) is 2. The lowest BCUT2D eigenvalue weighted by molar-refractivity contribution is -0.142. The van der Waals surface area contributed by atoms with Crippen LogP contribution in [-0.2, 0) is 41.6 Å². The van der Waals surface area contributed by atoms with Gasteiger partial charge in [0.2, 0.25) is 35.4 Å². The van der Waals surface area contributed by atoms with Crippen molar-refractivity contribution < 1.29 is 38.4 Å². The Bertz CT molecular complexity index is 2780. The van der Waals surface area contributed by atoms with Gasteiger partial charge in [0.15, 0.2) is 0 Å². The largest absolute Gasteiger partial charge is 0.343 e. The average molecular weight is 1090 g/mol. The lowest BCUT2D eigenvalue weighted by Gasteiger charge is -2.37. The second kappa shape index (κ2) is 27.6. The lowest BCUT2D eigenvalue weighted by Crippen LogP contribution is -2.59. The second-order valence-electron chi connectivity index (χ2n) is 23.4. The molecular formula is C61H84N10O8. The van der Waals surface area contributed by atoms with Crippen molar-refractivity contribution >= 4 is 58.0 Å². The highest BCUT2D eigenvalue weighted by Crippen LogP contribution is 2.29. The Morgan fingerprint density at radius 1 is 0.582 bits per heavy atom. The van der Waals surface area contributed by atoms with Crippen LogP contribution in [0, 0.1) is 10.8 Å². The fraction of sp³-hybridized carbons (Fsp3) is 0.508. The van der Waals surface area contributed by atoms with Gasteiger partial charge in [-0.2, -0.15) is 0 Å². The Balaban J connectivity index is 1.11. The summed E-state index contributed by atoms with van der Waals surface area (Å²) < 4.78 is 0. The van der Waals surface area contributed by atoms with Crippen molar-refractivity contribution in [2.24, 2.45) is 16.6 Å². The molecule has 2 aliphatic rings. The number of nitrogens with two attached hydrogens (primary N) is 1. The van der Waals surface area contributed by atoms with Crippen molar-refractivity contribution in [3.05, 3.63) is 119 Å². The number of hydrogen-bond donors (Lipinski definition) is 6. The first-order chi connectivity index (χ1) is 37.4. The lowest BCUT2D eigenvalue weighted by atomic mass is 9.85. The molecule has 2 fully saturated rings. The first kappa shape index (κ1) is 61.0. The molecule has 0 unspecified atom stereocenters. The summed E-state index contributed by atoms with van der Waals surface area (Å²) in [7, 11) is 1.69. The molecule has 426 valence electrons. The maximum absolute atomic E-state index is 14.3. The van der Waals surface area contributed by atoms with Gasteiger partial charge in [-0.1, -0.05) is 114 Å². The molecule has 18 nitrogen and oxygen atoms in total. The molecule has 4 aromatic carbocycles. The zero-order chi connectivity index (χ0) is 57.6. The van der Waals surface area contributed by atoms with Gasteiger partial charge < -0.3 is 51.9 Å². The molecule has 2 heterocycles. The summed E-state index contributed by atoms with van der Waals surface area (Å²) >= 11 is 0. The molecule has 0 spiro atoms. The van der Waals surface area contributed by atoms with Crippen molar-refractivity contribution in [1.82, 2.24) is 46.2 Å². The zero-order valence-electron chi connectivity index (χ0n) is 47.7. The molecule has 7 N–H and O–H groups in total. The maximum Gasteiger partial charge on any atom is 0.251 e. The van der Waals surface area contributed by atoms with Gasteiger partial charge in [0, 0.05) is 62.5 Å². The van der Waals surface area contributed by atoms with Crippen LogP contribution in [0.2, 0.25) is 0 Å². The smallest absolute Gasteiger partial charge is 0.251 e. The summed E-state index contributed by atoms with van der Waals surface area (Å²) in [5.41, 5.74) is 7.28. The minimum Gasteiger partial charge on any atom is -0.343 e. The van der Waals surface area contributed by atoms with Crippen molar-refractivity contribution in [2.45, 2.75) is 130 Å². The van der Waals surface area contributed by atoms with Gasteiger partial charge in [-0.3, -0.25) is 38.4 Å². The Morgan fingerprint density at radius 3 is 1.37 bits per heavy atom. The number of benzene rings is 4. The summed E-state index contributed by atoms with van der Waals surface area (Å²) in [5.74, 6) is -2.74. The van der Waals surface area contributed by atoms with Crippen LogP contribution >= 0.6 is 0 Å². The Hall–Kier alpha value is -7.18. The van der Waals surface area contributed by atoms with E-state index < -0.39 is 52.7 Å². The monoisotopic (exact) mass is 1080 g/mol. The van der Waals surface area contributed by atoms with Crippen LogP contribution in [0.15, 0.2) is 97.1 Å². The molecule has 6 rings (SSSR count). The van der Waals surface area contributed by atoms with E-state index in [1.165, 1.54) is 0 Å². The van der Waals surface area contributed by atoms with Gasteiger partial charge >= 0.3 is 0 Å². The fourth-order valence-corrected chi connectivity index (χ4v) is 10.2. The van der Waals surface area contributed by atoms with Crippen molar-refractivity contribution in [3.8, 4) is 0 Å². The van der Waals surface area contributed by atoms with Gasteiger partial charge in [0.25, 0.3) is 11.8 Å². The number of carbonyl (C=O) groups is 8. The summed E-state index contributed by atoms with van der Waals surface area (Å²) in [6.45, 7) is 16.3. The third kappa shape index (κ3) is 16.9. The Labute approximate surface area is 466 Å². The molecule has 79 heavy (non-hydrogen) atoms. The third-order valence-electron chi connectivity index (χ3n) is 15.1. The Kier molecular flexibility index (Phi) is 21.3. The minimum absolute atomic E-state index is 0.197. The summed E-state index contributed by atoms with van der Waals surface area (Å²) in [4.78, 5) is 117. The van der Waals surface area contributed by atoms with Crippen molar-refractivity contribution in [1.29, 1.82) is 0 Å². The second-order valence-corrected chi connectivity index (χ2v) is 23.4. The van der Waals surface area contributed by atoms with Crippen LogP contribution in [0.25, 0.3) is 10.8 Å². The predicted octanol–water partition coefficient (Wildman–Crippen LogP) is 4.44. The number of fused-ring (bicyclic) bond motifs is 1. The van der Waals surface area contributed by atoms with E-state index in [1.54, 1.807) is 76.9 Å². The summed E-state index contributed by atoms with van der Waals surface area (Å²) in [6.07, 6.45) is 3.92.